The van der Waals surface area contributed by atoms with E-state index in [2.05, 4.69) is 20.3 Å². The summed E-state index contributed by atoms with van der Waals surface area (Å²) in [4.78, 5) is 21.7. The van der Waals surface area contributed by atoms with Gasteiger partial charge in [-0.05, 0) is 51.0 Å². The highest BCUT2D eigenvalue weighted by Crippen LogP contribution is 2.27. The largest absolute Gasteiger partial charge is 0.465 e. The van der Waals surface area contributed by atoms with Crippen LogP contribution in [0, 0.1) is 6.92 Å². The smallest absolute Gasteiger partial charge is 0.408 e. The summed E-state index contributed by atoms with van der Waals surface area (Å²) >= 11 is 0. The van der Waals surface area contributed by atoms with Crippen molar-refractivity contribution < 1.29 is 14.3 Å². The standard InChI is InChI=1S/C22H25N7O3/c1-13-8-9-16(32-13)17-18-19(25-20(23)24-17)29(27-26-18)12-15-7-5-6-14(10-15)11-28(21(30)31)22(2,3)4/h5-10H,11-12H2,1-4H3,(H,30,31)(H2,23,24,25). The minimum absolute atomic E-state index is 0.0983. The summed E-state index contributed by atoms with van der Waals surface area (Å²) in [6.45, 7) is 8.13. The maximum atomic E-state index is 11.7. The quantitative estimate of drug-likeness (QED) is 0.484. The average molecular weight is 435 g/mol. The first kappa shape index (κ1) is 21.3. The van der Waals surface area contributed by atoms with Crippen LogP contribution in [0.3, 0.4) is 0 Å². The van der Waals surface area contributed by atoms with Crippen LogP contribution in [0.5, 0.6) is 0 Å². The van der Waals surface area contributed by atoms with Crippen LogP contribution < -0.4 is 5.73 Å². The molecule has 3 N–H and O–H groups in total. The number of nitrogen functional groups attached to an aromatic ring is 1. The number of hydrogen-bond acceptors (Lipinski definition) is 7. The highest BCUT2D eigenvalue weighted by molar-refractivity contribution is 5.86. The van der Waals surface area contributed by atoms with Gasteiger partial charge in [0.1, 0.15) is 11.5 Å². The molecule has 4 aromatic rings. The molecule has 3 aromatic heterocycles. The molecule has 0 fully saturated rings. The number of furan rings is 1. The van der Waals surface area contributed by atoms with Gasteiger partial charge in [-0.2, -0.15) is 4.98 Å². The lowest BCUT2D eigenvalue weighted by atomic mass is 10.0. The molecule has 10 nitrogen and oxygen atoms in total. The minimum Gasteiger partial charge on any atom is -0.465 e. The van der Waals surface area contributed by atoms with E-state index in [1.807, 2.05) is 64.1 Å². The van der Waals surface area contributed by atoms with Crippen LogP contribution in [0.1, 0.15) is 37.7 Å². The van der Waals surface area contributed by atoms with Gasteiger partial charge in [0.05, 0.1) is 6.54 Å². The van der Waals surface area contributed by atoms with Gasteiger partial charge in [0.2, 0.25) is 5.95 Å². The molecule has 0 spiro atoms. The molecule has 10 heteroatoms. The normalized spacial score (nSPS) is 11.8. The molecule has 0 saturated heterocycles. The summed E-state index contributed by atoms with van der Waals surface area (Å²) in [6.07, 6.45) is -0.960. The molecule has 0 aliphatic carbocycles. The number of hydrogen-bond donors (Lipinski definition) is 2. The van der Waals surface area contributed by atoms with Gasteiger partial charge in [-0.1, -0.05) is 29.5 Å². The molecule has 3 heterocycles. The third-order valence-electron chi connectivity index (χ3n) is 5.06. The van der Waals surface area contributed by atoms with E-state index in [9.17, 15) is 9.90 Å². The topological polar surface area (TPSA) is 136 Å². The summed E-state index contributed by atoms with van der Waals surface area (Å²) in [5, 5.41) is 18.1. The van der Waals surface area contributed by atoms with Gasteiger partial charge < -0.3 is 15.3 Å². The maximum Gasteiger partial charge on any atom is 0.408 e. The van der Waals surface area contributed by atoms with E-state index in [1.165, 1.54) is 4.90 Å². The molecule has 166 valence electrons. The predicted molar refractivity (Wildman–Crippen MR) is 119 cm³/mol. The van der Waals surface area contributed by atoms with Crippen LogP contribution in [-0.4, -0.2) is 46.6 Å². The fraction of sp³-hybridized carbons (Fsp3) is 0.318. The monoisotopic (exact) mass is 435 g/mol. The molecule has 0 saturated carbocycles. The lowest BCUT2D eigenvalue weighted by Crippen LogP contribution is -2.44. The lowest BCUT2D eigenvalue weighted by molar-refractivity contribution is 0.0955. The molecule has 0 aliphatic heterocycles. The number of aromatic nitrogens is 5. The van der Waals surface area contributed by atoms with Crippen LogP contribution >= 0.6 is 0 Å². The Morgan fingerprint density at radius 1 is 1.19 bits per heavy atom. The van der Waals surface area contributed by atoms with E-state index >= 15 is 0 Å². The molecule has 0 radical (unpaired) electrons. The van der Waals surface area contributed by atoms with Crippen molar-refractivity contribution in [1.82, 2.24) is 29.9 Å². The Labute approximate surface area is 184 Å². The second-order valence-corrected chi connectivity index (χ2v) is 8.62. The van der Waals surface area contributed by atoms with Gasteiger partial charge in [-0.25, -0.2) is 14.5 Å². The number of rotatable bonds is 5. The van der Waals surface area contributed by atoms with Gasteiger partial charge in [-0.3, -0.25) is 4.90 Å². The first-order chi connectivity index (χ1) is 15.1. The average Bonchev–Trinajstić information content (AvgIpc) is 3.31. The fourth-order valence-corrected chi connectivity index (χ4v) is 3.49. The number of amides is 1. The molecule has 1 aromatic carbocycles. The Bertz CT molecular complexity index is 1290. The van der Waals surface area contributed by atoms with Crippen LogP contribution in [0.25, 0.3) is 22.6 Å². The fourth-order valence-electron chi connectivity index (χ4n) is 3.49. The highest BCUT2D eigenvalue weighted by Gasteiger charge is 2.26. The molecular weight excluding hydrogens is 410 g/mol. The Kier molecular flexibility index (Phi) is 5.29. The van der Waals surface area contributed by atoms with Crippen molar-refractivity contribution in [3.05, 3.63) is 53.3 Å². The van der Waals surface area contributed by atoms with Crippen molar-refractivity contribution in [2.45, 2.75) is 46.3 Å². The zero-order valence-corrected chi connectivity index (χ0v) is 18.4. The Hall–Kier alpha value is -3.95. The van der Waals surface area contributed by atoms with Crippen LogP contribution in [-0.2, 0) is 13.1 Å². The highest BCUT2D eigenvalue weighted by atomic mass is 16.4. The number of nitrogens with zero attached hydrogens (tertiary/aromatic N) is 6. The number of nitrogens with two attached hydrogens (primary N) is 1. The Morgan fingerprint density at radius 3 is 2.59 bits per heavy atom. The van der Waals surface area contributed by atoms with E-state index < -0.39 is 11.6 Å². The van der Waals surface area contributed by atoms with E-state index in [0.29, 0.717) is 29.2 Å². The third kappa shape index (κ3) is 4.25. The van der Waals surface area contributed by atoms with Gasteiger partial charge in [-0.15, -0.1) is 5.10 Å². The Morgan fingerprint density at radius 2 is 1.94 bits per heavy atom. The minimum atomic E-state index is -0.960. The number of aryl methyl sites for hydroxylation is 1. The second-order valence-electron chi connectivity index (χ2n) is 8.62. The van der Waals surface area contributed by atoms with E-state index in [4.69, 9.17) is 10.2 Å². The van der Waals surface area contributed by atoms with E-state index in [-0.39, 0.29) is 12.5 Å². The van der Waals surface area contributed by atoms with Crippen molar-refractivity contribution in [3.63, 3.8) is 0 Å². The van der Waals surface area contributed by atoms with Crippen LogP contribution in [0.4, 0.5) is 10.7 Å². The number of fused-ring (bicyclic) bond motifs is 1. The predicted octanol–water partition coefficient (Wildman–Crippen LogP) is 3.70. The van der Waals surface area contributed by atoms with Gasteiger partial charge in [0, 0.05) is 12.1 Å². The summed E-state index contributed by atoms with van der Waals surface area (Å²) < 4.78 is 7.33. The molecule has 4 rings (SSSR count). The molecule has 32 heavy (non-hydrogen) atoms. The van der Waals surface area contributed by atoms with Gasteiger partial charge in [0.25, 0.3) is 0 Å². The summed E-state index contributed by atoms with van der Waals surface area (Å²) in [7, 11) is 0. The van der Waals surface area contributed by atoms with Gasteiger partial charge >= 0.3 is 6.09 Å². The van der Waals surface area contributed by atoms with Crippen molar-refractivity contribution in [2.75, 3.05) is 5.73 Å². The van der Waals surface area contributed by atoms with Crippen LogP contribution in [0.15, 0.2) is 40.8 Å². The SMILES string of the molecule is Cc1ccc(-c2nc(N)nc3c2nnn3Cc2cccc(CN(C(=O)O)C(C)(C)C)c2)o1. The molecule has 0 atom stereocenters. The van der Waals surface area contributed by atoms with Crippen molar-refractivity contribution in [1.29, 1.82) is 0 Å². The molecule has 0 aliphatic rings. The number of anilines is 1. The number of carboxylic acid groups (broad SMARTS) is 1. The molecule has 1 amide bonds. The third-order valence-corrected chi connectivity index (χ3v) is 5.06. The summed E-state index contributed by atoms with van der Waals surface area (Å²) in [5.74, 6) is 1.40. The Balaban J connectivity index is 1.65. The first-order valence-corrected chi connectivity index (χ1v) is 10.1. The van der Waals surface area contributed by atoms with Crippen LogP contribution in [0.2, 0.25) is 0 Å². The summed E-state index contributed by atoms with van der Waals surface area (Å²) in [5.41, 5.74) is 8.72. The summed E-state index contributed by atoms with van der Waals surface area (Å²) in [6, 6.07) is 11.3. The molecule has 0 unspecified atom stereocenters. The second kappa shape index (κ2) is 7.95. The zero-order chi connectivity index (χ0) is 23.0. The van der Waals surface area contributed by atoms with Crippen molar-refractivity contribution in [3.8, 4) is 11.5 Å². The maximum absolute atomic E-state index is 11.7. The van der Waals surface area contributed by atoms with Crippen molar-refractivity contribution in [2.24, 2.45) is 0 Å². The lowest BCUT2D eigenvalue weighted by Gasteiger charge is -2.33. The van der Waals surface area contributed by atoms with Gasteiger partial charge in [0.15, 0.2) is 16.9 Å². The number of benzene rings is 1. The zero-order valence-electron chi connectivity index (χ0n) is 18.4. The van der Waals surface area contributed by atoms with Crippen molar-refractivity contribution >= 4 is 23.2 Å². The number of carbonyl (C=O) groups is 1. The first-order valence-electron chi connectivity index (χ1n) is 10.1. The van der Waals surface area contributed by atoms with E-state index in [0.717, 1.165) is 16.9 Å². The van der Waals surface area contributed by atoms with E-state index in [1.54, 1.807) is 4.68 Å². The molecule has 0 bridgehead atoms. The molecular formula is C22H25N7O3.